The molecule has 1 fully saturated rings. The number of nitrogens with zero attached hydrogens (tertiary/aromatic N) is 2. The third-order valence-electron chi connectivity index (χ3n) is 3.51. The van der Waals surface area contributed by atoms with E-state index in [0.717, 1.165) is 31.4 Å². The number of aromatic nitrogens is 1. The first-order chi connectivity index (χ1) is 8.29. The molecule has 0 aromatic carbocycles. The van der Waals surface area contributed by atoms with Gasteiger partial charge in [0.1, 0.15) is 5.82 Å². The predicted molar refractivity (Wildman–Crippen MR) is 72.1 cm³/mol. The largest absolute Gasteiger partial charge is 0.370 e. The van der Waals surface area contributed by atoms with E-state index in [9.17, 15) is 0 Å². The van der Waals surface area contributed by atoms with E-state index in [1.807, 2.05) is 6.20 Å². The fourth-order valence-electron chi connectivity index (χ4n) is 2.17. The number of pyridine rings is 1. The molecule has 94 valence electrons. The van der Waals surface area contributed by atoms with Gasteiger partial charge in [0, 0.05) is 25.3 Å². The van der Waals surface area contributed by atoms with Crippen molar-refractivity contribution >= 4 is 5.82 Å². The van der Waals surface area contributed by atoms with E-state index >= 15 is 0 Å². The van der Waals surface area contributed by atoms with E-state index in [0.29, 0.717) is 0 Å². The van der Waals surface area contributed by atoms with E-state index < -0.39 is 0 Å². The molecule has 1 aliphatic carbocycles. The van der Waals surface area contributed by atoms with Gasteiger partial charge in [-0.1, -0.05) is 13.3 Å². The van der Waals surface area contributed by atoms with E-state index in [-0.39, 0.29) is 0 Å². The fraction of sp³-hybridized carbons (Fsp3) is 0.643. The Morgan fingerprint density at radius 3 is 2.94 bits per heavy atom. The molecular formula is C14H23N3. The third kappa shape index (κ3) is 3.43. The van der Waals surface area contributed by atoms with Crippen LogP contribution in [0.3, 0.4) is 0 Å². The number of hydrogen-bond donors (Lipinski definition) is 1. The minimum Gasteiger partial charge on any atom is -0.370 e. The highest BCUT2D eigenvalue weighted by molar-refractivity contribution is 5.37. The van der Waals surface area contributed by atoms with Crippen molar-refractivity contribution in [2.75, 3.05) is 18.9 Å². The Bertz CT molecular complexity index is 347. The Morgan fingerprint density at radius 2 is 2.29 bits per heavy atom. The topological polar surface area (TPSA) is 28.2 Å². The predicted octanol–water partition coefficient (Wildman–Crippen LogP) is 2.89. The Balaban J connectivity index is 1.90. The van der Waals surface area contributed by atoms with Crippen molar-refractivity contribution in [3.05, 3.63) is 23.9 Å². The highest BCUT2D eigenvalue weighted by atomic mass is 15.1. The molecule has 0 radical (unpaired) electrons. The second kappa shape index (κ2) is 6.01. The number of hydrogen-bond acceptors (Lipinski definition) is 3. The summed E-state index contributed by atoms with van der Waals surface area (Å²) in [5.74, 6) is 1.01. The molecule has 1 heterocycles. The molecule has 3 nitrogen and oxygen atoms in total. The van der Waals surface area contributed by atoms with Crippen LogP contribution in [0.25, 0.3) is 0 Å². The van der Waals surface area contributed by atoms with Gasteiger partial charge in [-0.05, 0) is 44.0 Å². The molecule has 1 aromatic rings. The molecule has 2 rings (SSSR count). The van der Waals surface area contributed by atoms with Crippen molar-refractivity contribution in [3.63, 3.8) is 0 Å². The number of rotatable bonds is 6. The quantitative estimate of drug-likeness (QED) is 0.819. The fourth-order valence-corrected chi connectivity index (χ4v) is 2.17. The lowest BCUT2D eigenvalue weighted by Gasteiger charge is -2.34. The molecule has 0 unspecified atom stereocenters. The molecule has 0 amide bonds. The summed E-state index contributed by atoms with van der Waals surface area (Å²) >= 11 is 0. The Hall–Kier alpha value is -1.09. The summed E-state index contributed by atoms with van der Waals surface area (Å²) in [7, 11) is 2.23. The Kier molecular flexibility index (Phi) is 4.37. The second-order valence-corrected chi connectivity index (χ2v) is 4.98. The van der Waals surface area contributed by atoms with Gasteiger partial charge in [0.25, 0.3) is 0 Å². The highest BCUT2D eigenvalue weighted by Gasteiger charge is 2.21. The van der Waals surface area contributed by atoms with E-state index in [1.165, 1.54) is 24.8 Å². The molecule has 0 bridgehead atoms. The van der Waals surface area contributed by atoms with Crippen LogP contribution in [0.4, 0.5) is 5.82 Å². The smallest absolute Gasteiger partial charge is 0.126 e. The van der Waals surface area contributed by atoms with Crippen molar-refractivity contribution in [2.24, 2.45) is 0 Å². The summed E-state index contributed by atoms with van der Waals surface area (Å²) in [4.78, 5) is 6.79. The third-order valence-corrected chi connectivity index (χ3v) is 3.51. The maximum Gasteiger partial charge on any atom is 0.126 e. The van der Waals surface area contributed by atoms with Crippen molar-refractivity contribution in [1.82, 2.24) is 9.88 Å². The van der Waals surface area contributed by atoms with Gasteiger partial charge in [0.2, 0.25) is 0 Å². The first-order valence-corrected chi connectivity index (χ1v) is 6.68. The van der Waals surface area contributed by atoms with Crippen LogP contribution >= 0.6 is 0 Å². The number of anilines is 1. The average Bonchev–Trinajstić information content (AvgIpc) is 2.24. The second-order valence-electron chi connectivity index (χ2n) is 4.98. The van der Waals surface area contributed by atoms with Gasteiger partial charge in [-0.25, -0.2) is 4.98 Å². The Morgan fingerprint density at radius 1 is 1.47 bits per heavy atom. The summed E-state index contributed by atoms with van der Waals surface area (Å²) in [6.07, 6.45) is 7.16. The molecule has 0 spiro atoms. The zero-order valence-corrected chi connectivity index (χ0v) is 10.9. The van der Waals surface area contributed by atoms with Gasteiger partial charge in [0.15, 0.2) is 0 Å². The first-order valence-electron chi connectivity index (χ1n) is 6.68. The maximum absolute atomic E-state index is 4.33. The molecule has 1 aliphatic rings. The van der Waals surface area contributed by atoms with Crippen molar-refractivity contribution in [2.45, 2.75) is 45.2 Å². The van der Waals surface area contributed by atoms with Gasteiger partial charge >= 0.3 is 0 Å². The lowest BCUT2D eigenvalue weighted by molar-refractivity contribution is 0.152. The van der Waals surface area contributed by atoms with Crippen molar-refractivity contribution in [3.8, 4) is 0 Å². The van der Waals surface area contributed by atoms with E-state index in [1.54, 1.807) is 0 Å². The zero-order chi connectivity index (χ0) is 12.1. The van der Waals surface area contributed by atoms with Crippen molar-refractivity contribution < 1.29 is 0 Å². The minimum atomic E-state index is 0.801. The Labute approximate surface area is 104 Å². The summed E-state index contributed by atoms with van der Waals surface area (Å²) in [6, 6.07) is 5.09. The molecule has 1 aromatic heterocycles. The molecule has 0 atom stereocenters. The van der Waals surface area contributed by atoms with Crippen LogP contribution in [0, 0.1) is 0 Å². The lowest BCUT2D eigenvalue weighted by atomic mass is 9.91. The summed E-state index contributed by atoms with van der Waals surface area (Å²) in [5.41, 5.74) is 1.35. The number of nitrogens with one attached hydrogen (secondary N) is 1. The minimum absolute atomic E-state index is 0.801. The molecule has 3 heteroatoms. The van der Waals surface area contributed by atoms with E-state index in [4.69, 9.17) is 0 Å². The molecule has 17 heavy (non-hydrogen) atoms. The highest BCUT2D eigenvalue weighted by Crippen LogP contribution is 2.24. The maximum atomic E-state index is 4.33. The lowest BCUT2D eigenvalue weighted by Crippen LogP contribution is -2.36. The van der Waals surface area contributed by atoms with Gasteiger partial charge in [-0.3, -0.25) is 4.90 Å². The van der Waals surface area contributed by atoms with Crippen molar-refractivity contribution in [1.29, 1.82) is 0 Å². The van der Waals surface area contributed by atoms with Gasteiger partial charge in [-0.15, -0.1) is 0 Å². The summed E-state index contributed by atoms with van der Waals surface area (Å²) < 4.78 is 0. The molecule has 1 saturated carbocycles. The van der Waals surface area contributed by atoms with Crippen LogP contribution in [0.1, 0.15) is 38.2 Å². The van der Waals surface area contributed by atoms with Crippen LogP contribution in [0.15, 0.2) is 18.3 Å². The van der Waals surface area contributed by atoms with Gasteiger partial charge in [0.05, 0.1) is 0 Å². The van der Waals surface area contributed by atoms with Crippen LogP contribution in [0.5, 0.6) is 0 Å². The zero-order valence-electron chi connectivity index (χ0n) is 10.9. The molecule has 0 saturated heterocycles. The average molecular weight is 233 g/mol. The monoisotopic (exact) mass is 233 g/mol. The molecule has 1 N–H and O–H groups in total. The summed E-state index contributed by atoms with van der Waals surface area (Å²) in [5, 5.41) is 3.34. The van der Waals surface area contributed by atoms with Gasteiger partial charge in [-0.2, -0.15) is 0 Å². The van der Waals surface area contributed by atoms with Crippen LogP contribution in [-0.2, 0) is 6.54 Å². The SMILES string of the molecule is CCCNc1cc(CN(C)C2CCC2)ccn1. The van der Waals surface area contributed by atoms with E-state index in [2.05, 4.69) is 41.3 Å². The van der Waals surface area contributed by atoms with Gasteiger partial charge < -0.3 is 5.32 Å². The normalized spacial score (nSPS) is 15.9. The van der Waals surface area contributed by atoms with Crippen LogP contribution in [-0.4, -0.2) is 29.5 Å². The van der Waals surface area contributed by atoms with Crippen LogP contribution in [0.2, 0.25) is 0 Å². The molecule has 0 aliphatic heterocycles. The molecular weight excluding hydrogens is 210 g/mol. The standard InChI is InChI=1S/C14H23N3/c1-3-8-15-14-10-12(7-9-16-14)11-17(2)13-5-4-6-13/h7,9-10,13H,3-6,8,11H2,1-2H3,(H,15,16). The summed E-state index contributed by atoms with van der Waals surface area (Å²) in [6.45, 7) is 4.20. The first kappa shape index (κ1) is 12.4. The van der Waals surface area contributed by atoms with Crippen LogP contribution < -0.4 is 5.32 Å².